The fourth-order valence-corrected chi connectivity index (χ4v) is 2.84. The van der Waals surface area contributed by atoms with Crippen LogP contribution in [0.4, 0.5) is 0 Å². The van der Waals surface area contributed by atoms with Crippen LogP contribution in [0.15, 0.2) is 24.3 Å². The van der Waals surface area contributed by atoms with Gasteiger partial charge in [0.25, 0.3) is 5.91 Å². The Morgan fingerprint density at radius 3 is 2.57 bits per heavy atom. The first-order chi connectivity index (χ1) is 11.1. The number of amides is 2. The van der Waals surface area contributed by atoms with Crippen molar-refractivity contribution in [2.24, 2.45) is 0 Å². The number of carbonyl (C=O) groups excluding carboxylic acids is 2. The Hall–Kier alpha value is -1.59. The van der Waals surface area contributed by atoms with Crippen LogP contribution in [0.3, 0.4) is 0 Å². The first-order valence-electron chi connectivity index (χ1n) is 8.08. The summed E-state index contributed by atoms with van der Waals surface area (Å²) in [5.41, 5.74) is 0.576. The number of nitrogens with one attached hydrogen (secondary N) is 2. The molecule has 126 valence electrons. The lowest BCUT2D eigenvalue weighted by Crippen LogP contribution is -2.44. The van der Waals surface area contributed by atoms with E-state index in [9.17, 15) is 9.59 Å². The number of benzene rings is 1. The Morgan fingerprint density at radius 2 is 1.91 bits per heavy atom. The van der Waals surface area contributed by atoms with Crippen LogP contribution in [0.2, 0.25) is 5.02 Å². The zero-order valence-corrected chi connectivity index (χ0v) is 14.2. The van der Waals surface area contributed by atoms with Gasteiger partial charge in [0.05, 0.1) is 0 Å². The third-order valence-corrected chi connectivity index (χ3v) is 4.46. The largest absolute Gasteiger partial charge is 0.352 e. The van der Waals surface area contributed by atoms with Crippen LogP contribution in [0, 0.1) is 0 Å². The van der Waals surface area contributed by atoms with Crippen molar-refractivity contribution in [1.29, 1.82) is 0 Å². The highest BCUT2D eigenvalue weighted by Gasteiger charge is 2.21. The van der Waals surface area contributed by atoms with Crippen LogP contribution in [0.25, 0.3) is 0 Å². The second kappa shape index (κ2) is 8.89. The highest BCUT2D eigenvalue weighted by Crippen LogP contribution is 2.12. The van der Waals surface area contributed by atoms with Crippen LogP contribution in [0.1, 0.15) is 36.0 Å². The van der Waals surface area contributed by atoms with Gasteiger partial charge in [-0.2, -0.15) is 0 Å². The third-order valence-electron chi connectivity index (χ3n) is 4.21. The van der Waals surface area contributed by atoms with E-state index in [2.05, 4.69) is 10.6 Å². The number of carbonyl (C=O) groups is 2. The molecule has 0 radical (unpaired) electrons. The molecule has 0 spiro atoms. The number of hydrogen-bond donors (Lipinski definition) is 2. The van der Waals surface area contributed by atoms with Gasteiger partial charge in [0.15, 0.2) is 0 Å². The average molecular weight is 338 g/mol. The summed E-state index contributed by atoms with van der Waals surface area (Å²) in [6.45, 7) is 2.44. The number of halogens is 1. The third kappa shape index (κ3) is 5.52. The van der Waals surface area contributed by atoms with Gasteiger partial charge < -0.3 is 15.5 Å². The van der Waals surface area contributed by atoms with E-state index in [-0.39, 0.29) is 11.8 Å². The maximum atomic E-state index is 12.2. The van der Waals surface area contributed by atoms with Gasteiger partial charge in [-0.25, -0.2) is 0 Å². The van der Waals surface area contributed by atoms with Crippen molar-refractivity contribution in [2.45, 2.75) is 31.7 Å². The summed E-state index contributed by atoms with van der Waals surface area (Å²) >= 11 is 5.79. The van der Waals surface area contributed by atoms with E-state index in [0.29, 0.717) is 36.0 Å². The number of hydrogen-bond acceptors (Lipinski definition) is 3. The van der Waals surface area contributed by atoms with Crippen LogP contribution in [-0.2, 0) is 4.79 Å². The summed E-state index contributed by atoms with van der Waals surface area (Å²) in [5.74, 6) is 0.0125. The molecule has 1 heterocycles. The van der Waals surface area contributed by atoms with E-state index in [1.54, 1.807) is 24.3 Å². The maximum Gasteiger partial charge on any atom is 0.251 e. The molecule has 23 heavy (non-hydrogen) atoms. The number of piperidine rings is 1. The highest BCUT2D eigenvalue weighted by atomic mass is 35.5. The van der Waals surface area contributed by atoms with E-state index in [4.69, 9.17) is 11.6 Å². The number of rotatable bonds is 6. The van der Waals surface area contributed by atoms with Crippen LogP contribution >= 0.6 is 11.6 Å². The van der Waals surface area contributed by atoms with E-state index < -0.39 is 0 Å². The van der Waals surface area contributed by atoms with Gasteiger partial charge in [-0.3, -0.25) is 9.59 Å². The first kappa shape index (κ1) is 17.8. The van der Waals surface area contributed by atoms with Gasteiger partial charge in [0, 0.05) is 36.6 Å². The normalized spacial score (nSPS) is 15.2. The van der Waals surface area contributed by atoms with Crippen molar-refractivity contribution < 1.29 is 9.59 Å². The molecule has 0 atom stereocenters. The van der Waals surface area contributed by atoms with Gasteiger partial charge in [-0.1, -0.05) is 11.6 Å². The molecule has 1 fully saturated rings. The van der Waals surface area contributed by atoms with Crippen molar-refractivity contribution >= 4 is 23.4 Å². The van der Waals surface area contributed by atoms with Crippen molar-refractivity contribution in [3.05, 3.63) is 34.9 Å². The molecule has 0 unspecified atom stereocenters. The van der Waals surface area contributed by atoms with Crippen molar-refractivity contribution in [3.63, 3.8) is 0 Å². The predicted molar refractivity (Wildman–Crippen MR) is 91.7 cm³/mol. The van der Waals surface area contributed by atoms with Crippen molar-refractivity contribution in [3.8, 4) is 0 Å². The molecule has 5 nitrogen and oxygen atoms in total. The molecule has 1 aliphatic heterocycles. The van der Waals surface area contributed by atoms with Gasteiger partial charge in [-0.05, 0) is 56.6 Å². The SMILES string of the molecule is CN(C(=O)CCCNC(=O)c1ccc(Cl)cc1)C1CCNCC1. The lowest BCUT2D eigenvalue weighted by molar-refractivity contribution is -0.132. The summed E-state index contributed by atoms with van der Waals surface area (Å²) in [6, 6.07) is 7.09. The minimum atomic E-state index is -0.138. The lowest BCUT2D eigenvalue weighted by Gasteiger charge is -2.31. The van der Waals surface area contributed by atoms with Gasteiger partial charge in [0.1, 0.15) is 0 Å². The van der Waals surface area contributed by atoms with Gasteiger partial charge in [-0.15, -0.1) is 0 Å². The van der Waals surface area contributed by atoms with Crippen LogP contribution in [0.5, 0.6) is 0 Å². The monoisotopic (exact) mass is 337 g/mol. The Kier molecular flexibility index (Phi) is 6.86. The van der Waals surface area contributed by atoms with E-state index in [0.717, 1.165) is 25.9 Å². The molecule has 6 heteroatoms. The Labute approximate surface area is 142 Å². The molecule has 0 aliphatic carbocycles. The van der Waals surface area contributed by atoms with Crippen molar-refractivity contribution in [1.82, 2.24) is 15.5 Å². The Morgan fingerprint density at radius 1 is 1.26 bits per heavy atom. The van der Waals surface area contributed by atoms with Crippen LogP contribution in [-0.4, -0.2) is 49.4 Å². The standard InChI is InChI=1S/C17H24ClN3O2/c1-21(15-8-11-19-12-9-15)16(22)3-2-10-20-17(23)13-4-6-14(18)7-5-13/h4-7,15,19H,2-3,8-12H2,1H3,(H,20,23). The minimum Gasteiger partial charge on any atom is -0.352 e. The second-order valence-corrected chi connectivity index (χ2v) is 6.29. The highest BCUT2D eigenvalue weighted by molar-refractivity contribution is 6.30. The Bertz CT molecular complexity index is 527. The van der Waals surface area contributed by atoms with Crippen LogP contribution < -0.4 is 10.6 Å². The summed E-state index contributed by atoms with van der Waals surface area (Å²) in [5, 5.41) is 6.73. The molecule has 1 aliphatic rings. The summed E-state index contributed by atoms with van der Waals surface area (Å²) in [4.78, 5) is 26.0. The summed E-state index contributed by atoms with van der Waals surface area (Å²) in [7, 11) is 1.88. The van der Waals surface area contributed by atoms with Gasteiger partial charge >= 0.3 is 0 Å². The molecule has 1 saturated heterocycles. The first-order valence-corrected chi connectivity index (χ1v) is 8.46. The average Bonchev–Trinajstić information content (AvgIpc) is 2.59. The fraction of sp³-hybridized carbons (Fsp3) is 0.529. The molecule has 2 N–H and O–H groups in total. The summed E-state index contributed by atoms with van der Waals surface area (Å²) < 4.78 is 0. The van der Waals surface area contributed by atoms with Gasteiger partial charge in [0.2, 0.25) is 5.91 Å². The maximum absolute atomic E-state index is 12.2. The molecule has 0 bridgehead atoms. The topological polar surface area (TPSA) is 61.4 Å². The van der Waals surface area contributed by atoms with E-state index in [1.807, 2.05) is 11.9 Å². The zero-order chi connectivity index (χ0) is 16.7. The smallest absolute Gasteiger partial charge is 0.251 e. The Balaban J connectivity index is 1.67. The van der Waals surface area contributed by atoms with Crippen molar-refractivity contribution in [2.75, 3.05) is 26.7 Å². The molecule has 0 aromatic heterocycles. The zero-order valence-electron chi connectivity index (χ0n) is 13.5. The molecule has 1 aromatic carbocycles. The number of nitrogens with zero attached hydrogens (tertiary/aromatic N) is 1. The lowest BCUT2D eigenvalue weighted by atomic mass is 10.0. The second-order valence-electron chi connectivity index (χ2n) is 5.85. The molecule has 2 amide bonds. The summed E-state index contributed by atoms with van der Waals surface area (Å²) in [6.07, 6.45) is 3.12. The molecule has 0 saturated carbocycles. The fourth-order valence-electron chi connectivity index (χ4n) is 2.72. The predicted octanol–water partition coefficient (Wildman–Crippen LogP) is 2.06. The van der Waals surface area contributed by atoms with E-state index >= 15 is 0 Å². The minimum absolute atomic E-state index is 0.138. The van der Waals surface area contributed by atoms with E-state index in [1.165, 1.54) is 0 Å². The quantitative estimate of drug-likeness (QED) is 0.781. The molecule has 1 aromatic rings. The molecule has 2 rings (SSSR count). The molecular weight excluding hydrogens is 314 g/mol. The molecular formula is C17H24ClN3O2.